The van der Waals surface area contributed by atoms with Crippen LogP contribution >= 0.6 is 34.8 Å². The van der Waals surface area contributed by atoms with Crippen molar-refractivity contribution in [3.63, 3.8) is 0 Å². The Bertz CT molecular complexity index is 481. The van der Waals surface area contributed by atoms with Crippen molar-refractivity contribution in [1.82, 2.24) is 0 Å². The van der Waals surface area contributed by atoms with Crippen molar-refractivity contribution in [2.45, 2.75) is 26.2 Å². The van der Waals surface area contributed by atoms with E-state index in [0.717, 1.165) is 12.0 Å². The number of hydrogen-bond donors (Lipinski definition) is 1. The molecule has 0 saturated carbocycles. The highest BCUT2D eigenvalue weighted by atomic mass is 35.5. The van der Waals surface area contributed by atoms with Gasteiger partial charge >= 0.3 is 5.97 Å². The quantitative estimate of drug-likeness (QED) is 0.749. The van der Waals surface area contributed by atoms with Gasteiger partial charge in [0.1, 0.15) is 0 Å². The number of aliphatic carboxylic acids is 1. The molecule has 0 aliphatic rings. The lowest BCUT2D eigenvalue weighted by Gasteiger charge is -2.12. The van der Waals surface area contributed by atoms with Gasteiger partial charge in [0.25, 0.3) is 0 Å². The second-order valence-corrected chi connectivity index (χ2v) is 4.99. The second kappa shape index (κ2) is 7.03. The fraction of sp³-hybridized carbons (Fsp3) is 0.308. The average Bonchev–Trinajstić information content (AvgIpc) is 2.31. The molecule has 0 bridgehead atoms. The number of rotatable bonds is 5. The Kier molecular flexibility index (Phi) is 6.00. The van der Waals surface area contributed by atoms with Crippen molar-refractivity contribution in [1.29, 1.82) is 0 Å². The number of hydrogen-bond acceptors (Lipinski definition) is 1. The number of halogens is 3. The van der Waals surface area contributed by atoms with Crippen LogP contribution in [0.5, 0.6) is 0 Å². The largest absolute Gasteiger partial charge is 0.481 e. The van der Waals surface area contributed by atoms with Gasteiger partial charge in [-0.25, -0.2) is 0 Å². The van der Waals surface area contributed by atoms with Crippen molar-refractivity contribution in [2.75, 3.05) is 0 Å². The van der Waals surface area contributed by atoms with E-state index < -0.39 is 5.97 Å². The molecule has 1 aromatic rings. The maximum Gasteiger partial charge on any atom is 0.307 e. The molecule has 0 aromatic heterocycles. The number of carboxylic acid groups (broad SMARTS) is 1. The summed E-state index contributed by atoms with van der Waals surface area (Å²) in [6.07, 6.45) is 3.14. The van der Waals surface area contributed by atoms with Crippen molar-refractivity contribution in [3.05, 3.63) is 38.8 Å². The van der Waals surface area contributed by atoms with Gasteiger partial charge in [-0.1, -0.05) is 54.2 Å². The van der Waals surface area contributed by atoms with Crippen LogP contribution in [-0.4, -0.2) is 11.1 Å². The third-order valence-electron chi connectivity index (χ3n) is 2.41. The molecule has 0 aliphatic carbocycles. The van der Waals surface area contributed by atoms with Crippen LogP contribution in [0.1, 0.15) is 31.7 Å². The topological polar surface area (TPSA) is 37.3 Å². The molecule has 1 aromatic carbocycles. The van der Waals surface area contributed by atoms with Gasteiger partial charge in [-0.3, -0.25) is 4.79 Å². The van der Waals surface area contributed by atoms with Gasteiger partial charge in [-0.15, -0.1) is 0 Å². The summed E-state index contributed by atoms with van der Waals surface area (Å²) in [6, 6.07) is 3.28. The molecule has 18 heavy (non-hydrogen) atoms. The number of carboxylic acids is 1. The third-order valence-corrected chi connectivity index (χ3v) is 3.53. The molecule has 0 fully saturated rings. The first-order chi connectivity index (χ1) is 8.47. The molecule has 0 spiro atoms. The van der Waals surface area contributed by atoms with Crippen LogP contribution in [0.4, 0.5) is 0 Å². The number of carbonyl (C=O) groups is 1. The van der Waals surface area contributed by atoms with Crippen LogP contribution < -0.4 is 0 Å². The second-order valence-electron chi connectivity index (χ2n) is 3.80. The summed E-state index contributed by atoms with van der Waals surface area (Å²) >= 11 is 18.2. The van der Waals surface area contributed by atoms with Crippen LogP contribution in [0.15, 0.2) is 18.2 Å². The first kappa shape index (κ1) is 15.4. The lowest BCUT2D eigenvalue weighted by atomic mass is 10.00. The van der Waals surface area contributed by atoms with E-state index in [1.165, 1.54) is 0 Å². The van der Waals surface area contributed by atoms with Crippen LogP contribution in [0.3, 0.4) is 0 Å². The third kappa shape index (κ3) is 3.91. The van der Waals surface area contributed by atoms with Gasteiger partial charge in [0.15, 0.2) is 0 Å². The van der Waals surface area contributed by atoms with Gasteiger partial charge < -0.3 is 5.11 Å². The monoisotopic (exact) mass is 306 g/mol. The van der Waals surface area contributed by atoms with E-state index in [9.17, 15) is 4.79 Å². The molecule has 0 heterocycles. The minimum absolute atomic E-state index is 0.0610. The molecule has 0 aliphatic heterocycles. The molecule has 0 radical (unpaired) electrons. The predicted octanol–water partition coefficient (Wildman–Crippen LogP) is 5.31. The number of allylic oxidation sites excluding steroid dienone is 1. The van der Waals surface area contributed by atoms with Gasteiger partial charge in [0.2, 0.25) is 0 Å². The normalized spacial score (nSPS) is 11.7. The van der Waals surface area contributed by atoms with Gasteiger partial charge in [0.05, 0.1) is 16.5 Å². The maximum absolute atomic E-state index is 10.6. The minimum atomic E-state index is -0.891. The van der Waals surface area contributed by atoms with Crippen molar-refractivity contribution >= 4 is 46.3 Å². The SMILES string of the molecule is CCC/C(=C\CC(=O)O)c1c(Cl)ccc(Cl)c1Cl. The van der Waals surface area contributed by atoms with Crippen LogP contribution in [0.25, 0.3) is 5.57 Å². The summed E-state index contributed by atoms with van der Waals surface area (Å²) in [6.45, 7) is 2.00. The molecule has 0 saturated heterocycles. The Morgan fingerprint density at radius 3 is 2.44 bits per heavy atom. The first-order valence-electron chi connectivity index (χ1n) is 5.52. The Hall–Kier alpha value is -0.700. The fourth-order valence-electron chi connectivity index (χ4n) is 1.63. The van der Waals surface area contributed by atoms with E-state index in [1.54, 1.807) is 18.2 Å². The molecule has 98 valence electrons. The Morgan fingerprint density at radius 1 is 1.28 bits per heavy atom. The minimum Gasteiger partial charge on any atom is -0.481 e. The lowest BCUT2D eigenvalue weighted by molar-refractivity contribution is -0.135. The van der Waals surface area contributed by atoms with E-state index >= 15 is 0 Å². The smallest absolute Gasteiger partial charge is 0.307 e. The highest BCUT2D eigenvalue weighted by molar-refractivity contribution is 6.45. The highest BCUT2D eigenvalue weighted by Gasteiger charge is 2.13. The predicted molar refractivity (Wildman–Crippen MR) is 76.6 cm³/mol. The summed E-state index contributed by atoms with van der Waals surface area (Å²) in [5.74, 6) is -0.891. The molecular formula is C13H13Cl3O2. The Balaban J connectivity index is 3.25. The first-order valence-corrected chi connectivity index (χ1v) is 6.65. The lowest BCUT2D eigenvalue weighted by Crippen LogP contribution is -1.94. The van der Waals surface area contributed by atoms with Gasteiger partial charge in [0, 0.05) is 10.6 Å². The molecular weight excluding hydrogens is 294 g/mol. The van der Waals surface area contributed by atoms with E-state index in [2.05, 4.69) is 0 Å². The van der Waals surface area contributed by atoms with E-state index in [1.807, 2.05) is 6.92 Å². The summed E-state index contributed by atoms with van der Waals surface area (Å²) in [4.78, 5) is 10.6. The molecule has 0 atom stereocenters. The van der Waals surface area contributed by atoms with Crippen molar-refractivity contribution < 1.29 is 9.90 Å². The average molecular weight is 308 g/mol. The summed E-state index contributed by atoms with van der Waals surface area (Å²) in [7, 11) is 0. The molecule has 5 heteroatoms. The zero-order valence-corrected chi connectivity index (χ0v) is 12.1. The molecule has 2 nitrogen and oxygen atoms in total. The van der Waals surface area contributed by atoms with E-state index in [0.29, 0.717) is 27.1 Å². The fourth-order valence-corrected chi connectivity index (χ4v) is 2.40. The molecule has 1 rings (SSSR count). The van der Waals surface area contributed by atoms with Gasteiger partial charge in [-0.2, -0.15) is 0 Å². The summed E-state index contributed by atoms with van der Waals surface area (Å²) < 4.78 is 0. The van der Waals surface area contributed by atoms with Crippen LogP contribution in [0, 0.1) is 0 Å². The molecule has 0 amide bonds. The van der Waals surface area contributed by atoms with Gasteiger partial charge in [-0.05, 0) is 24.1 Å². The van der Waals surface area contributed by atoms with Crippen LogP contribution in [-0.2, 0) is 4.79 Å². The number of benzene rings is 1. The molecule has 1 N–H and O–H groups in total. The van der Waals surface area contributed by atoms with E-state index in [4.69, 9.17) is 39.9 Å². The zero-order valence-electron chi connectivity index (χ0n) is 9.84. The summed E-state index contributed by atoms with van der Waals surface area (Å²) in [5, 5.41) is 10.00. The Morgan fingerprint density at radius 2 is 1.89 bits per heavy atom. The Labute approximate surface area is 121 Å². The van der Waals surface area contributed by atoms with Crippen molar-refractivity contribution in [3.8, 4) is 0 Å². The van der Waals surface area contributed by atoms with Crippen LogP contribution in [0.2, 0.25) is 15.1 Å². The standard InChI is InChI=1S/C13H13Cl3O2/c1-2-3-8(4-7-11(17)18)12-9(14)5-6-10(15)13(12)16/h4-6H,2-3,7H2,1H3,(H,17,18)/b8-4+. The van der Waals surface area contributed by atoms with Crippen molar-refractivity contribution in [2.24, 2.45) is 0 Å². The molecule has 0 unspecified atom stereocenters. The zero-order chi connectivity index (χ0) is 13.7. The van der Waals surface area contributed by atoms with E-state index in [-0.39, 0.29) is 6.42 Å². The maximum atomic E-state index is 10.6. The summed E-state index contributed by atoms with van der Waals surface area (Å²) in [5.41, 5.74) is 1.45. The highest BCUT2D eigenvalue weighted by Crippen LogP contribution is 2.38.